The van der Waals surface area contributed by atoms with Gasteiger partial charge in [-0.3, -0.25) is 9.59 Å². The van der Waals surface area contributed by atoms with Crippen LogP contribution in [-0.4, -0.2) is 202 Å². The van der Waals surface area contributed by atoms with Crippen LogP contribution in [0.4, 0.5) is 0 Å². The van der Waals surface area contributed by atoms with Gasteiger partial charge in [0.2, 0.25) is 5.91 Å². The summed E-state index contributed by atoms with van der Waals surface area (Å²) in [5.74, 6) is -0.865. The Morgan fingerprint density at radius 3 is 1.72 bits per heavy atom. The van der Waals surface area contributed by atoms with Crippen LogP contribution in [0.15, 0.2) is 0 Å². The molecule has 338 valence electrons. The fourth-order valence-electron chi connectivity index (χ4n) is 7.34. The van der Waals surface area contributed by atoms with Gasteiger partial charge in [-0.1, -0.05) is 6.42 Å². The van der Waals surface area contributed by atoms with E-state index in [1.165, 1.54) is 48.8 Å². The van der Waals surface area contributed by atoms with Crippen LogP contribution in [0.1, 0.15) is 73.6 Å². The first kappa shape index (κ1) is 48.9. The van der Waals surface area contributed by atoms with Crippen LogP contribution in [0.5, 0.6) is 0 Å². The van der Waals surface area contributed by atoms with Gasteiger partial charge in [0, 0.05) is 20.1 Å². The number of ether oxygens (including phenoxy) is 10. The number of hydrogen-bond acceptors (Lipinski definition) is 20. The number of methoxy groups -OCH3 is 2. The smallest absolute Gasteiger partial charge is 0.305 e. The highest BCUT2D eigenvalue weighted by Crippen LogP contribution is 2.35. The second-order valence-corrected chi connectivity index (χ2v) is 16.1. The average Bonchev–Trinajstić information content (AvgIpc) is 3.15. The summed E-state index contributed by atoms with van der Waals surface area (Å²) in [7, 11) is 2.69. The zero-order valence-corrected chi connectivity index (χ0v) is 34.3. The van der Waals surface area contributed by atoms with Crippen LogP contribution in [-0.2, 0) is 57.0 Å². The molecule has 4 aliphatic rings. The lowest BCUT2D eigenvalue weighted by atomic mass is 9.94. The Bertz CT molecular complexity index is 1290. The van der Waals surface area contributed by atoms with Crippen molar-refractivity contribution < 1.29 is 97.8 Å². The topological polar surface area (TPSA) is 300 Å². The fourth-order valence-corrected chi connectivity index (χ4v) is 7.34. The molecule has 9 N–H and O–H groups in total. The maximum atomic E-state index is 13.1. The maximum Gasteiger partial charge on any atom is 0.305 e. The van der Waals surface area contributed by atoms with Crippen molar-refractivity contribution in [2.24, 2.45) is 0 Å². The summed E-state index contributed by atoms with van der Waals surface area (Å²) in [6, 6.07) is -0.966. The number of carbonyl (C=O) groups excluding carboxylic acids is 2. The van der Waals surface area contributed by atoms with E-state index in [4.69, 9.17) is 42.6 Å². The molecule has 4 rings (SSSR count). The second kappa shape index (κ2) is 21.4. The van der Waals surface area contributed by atoms with Gasteiger partial charge in [0.05, 0.1) is 49.6 Å². The minimum atomic E-state index is -1.80. The van der Waals surface area contributed by atoms with E-state index in [1.54, 1.807) is 6.92 Å². The Labute approximate surface area is 337 Å². The summed E-state index contributed by atoms with van der Waals surface area (Å²) in [6.07, 6.45) is -25.0. The molecule has 58 heavy (non-hydrogen) atoms. The average molecular weight is 844 g/mol. The van der Waals surface area contributed by atoms with Crippen molar-refractivity contribution in [1.82, 2.24) is 5.32 Å². The highest BCUT2D eigenvalue weighted by atomic mass is 16.8. The zero-order chi connectivity index (χ0) is 43.2. The molecular weight excluding hydrogens is 778 g/mol. The van der Waals surface area contributed by atoms with Crippen LogP contribution >= 0.6 is 0 Å². The molecule has 4 fully saturated rings. The summed E-state index contributed by atoms with van der Waals surface area (Å²) in [6.45, 7) is 9.14. The quantitative estimate of drug-likeness (QED) is 0.0523. The summed E-state index contributed by atoms with van der Waals surface area (Å²) in [5, 5.41) is 89.1. The van der Waals surface area contributed by atoms with E-state index in [9.17, 15) is 50.4 Å². The zero-order valence-electron chi connectivity index (χ0n) is 34.3. The molecule has 20 atom stereocenters. The molecular formula is C37H65NO20. The molecule has 0 saturated carbocycles. The fraction of sp³-hybridized carbons (Fsp3) is 0.946. The van der Waals surface area contributed by atoms with E-state index in [1.807, 2.05) is 0 Å². The molecule has 0 bridgehead atoms. The van der Waals surface area contributed by atoms with Gasteiger partial charge in [-0.15, -0.1) is 0 Å². The summed E-state index contributed by atoms with van der Waals surface area (Å²) in [5.41, 5.74) is -1.36. The number of nitrogens with one attached hydrogen (secondary N) is 1. The molecule has 4 saturated heterocycles. The lowest BCUT2D eigenvalue weighted by molar-refractivity contribution is -0.389. The van der Waals surface area contributed by atoms with Gasteiger partial charge in [-0.2, -0.15) is 0 Å². The van der Waals surface area contributed by atoms with Crippen LogP contribution in [0.2, 0.25) is 0 Å². The van der Waals surface area contributed by atoms with Crippen LogP contribution in [0, 0.1) is 0 Å². The third-order valence-electron chi connectivity index (χ3n) is 10.8. The second-order valence-electron chi connectivity index (χ2n) is 16.1. The van der Waals surface area contributed by atoms with Crippen LogP contribution in [0.25, 0.3) is 0 Å². The van der Waals surface area contributed by atoms with E-state index in [0.29, 0.717) is 19.3 Å². The van der Waals surface area contributed by atoms with Crippen molar-refractivity contribution in [2.75, 3.05) is 20.8 Å². The summed E-state index contributed by atoms with van der Waals surface area (Å²) < 4.78 is 58.4. The molecule has 0 spiro atoms. The van der Waals surface area contributed by atoms with Crippen molar-refractivity contribution in [3.8, 4) is 0 Å². The first-order valence-electron chi connectivity index (χ1n) is 19.8. The third kappa shape index (κ3) is 12.2. The van der Waals surface area contributed by atoms with E-state index in [-0.39, 0.29) is 25.4 Å². The van der Waals surface area contributed by atoms with Gasteiger partial charge in [0.1, 0.15) is 67.1 Å². The highest BCUT2D eigenvalue weighted by molar-refractivity contribution is 5.77. The van der Waals surface area contributed by atoms with E-state index >= 15 is 0 Å². The Morgan fingerprint density at radius 2 is 1.12 bits per heavy atom. The van der Waals surface area contributed by atoms with Crippen molar-refractivity contribution in [1.29, 1.82) is 0 Å². The lowest BCUT2D eigenvalue weighted by Gasteiger charge is -2.50. The lowest BCUT2D eigenvalue weighted by Crippen LogP contribution is -2.68. The van der Waals surface area contributed by atoms with Gasteiger partial charge in [0.15, 0.2) is 25.2 Å². The molecule has 0 aromatic rings. The van der Waals surface area contributed by atoms with Crippen LogP contribution < -0.4 is 5.32 Å². The van der Waals surface area contributed by atoms with Crippen molar-refractivity contribution in [2.45, 2.75) is 202 Å². The number of esters is 1. The number of hydrogen-bond donors (Lipinski definition) is 9. The molecule has 0 radical (unpaired) electrons. The number of aliphatic hydroxyl groups excluding tert-OH is 7. The highest BCUT2D eigenvalue weighted by Gasteiger charge is 2.55. The number of amides is 1. The Hall–Kier alpha value is -1.74. The van der Waals surface area contributed by atoms with Crippen molar-refractivity contribution in [3.63, 3.8) is 0 Å². The standard InChI is InChI=1S/C37H65NO20/c1-15-21(38-19(39)14-37(5,6)48)29(32(50-8)35(52-15)51-13-11-9-10-12-20(40)49-7)56-34-28(47)30(24(43)18(4)54-34)57-36-31(26(45)23(42)17(3)55-36)58-33-27(46)25(44)22(41)16(2)53-33/h15-18,21-36,41-48H,9-14H2,1-8H3,(H,38,39)/t15-,16-,17-,18-,21+,22-,23-,24-,25+,26+,27+,28+,29-,30+,31+,32+,33+,34-,35+,36-/m0/s1. The number of aliphatic hydroxyl groups is 8. The minimum Gasteiger partial charge on any atom is -0.469 e. The number of unbranched alkanes of at least 4 members (excludes halogenated alkanes) is 2. The van der Waals surface area contributed by atoms with Crippen molar-refractivity contribution in [3.05, 3.63) is 0 Å². The predicted molar refractivity (Wildman–Crippen MR) is 194 cm³/mol. The normalized spacial score (nSPS) is 43.8. The van der Waals surface area contributed by atoms with E-state index in [0.717, 1.165) is 0 Å². The molecule has 4 aliphatic heterocycles. The molecule has 21 nitrogen and oxygen atoms in total. The first-order valence-corrected chi connectivity index (χ1v) is 19.8. The van der Waals surface area contributed by atoms with E-state index < -0.39 is 134 Å². The van der Waals surface area contributed by atoms with Crippen LogP contribution in [0.3, 0.4) is 0 Å². The summed E-state index contributed by atoms with van der Waals surface area (Å²) >= 11 is 0. The number of rotatable bonds is 17. The third-order valence-corrected chi connectivity index (χ3v) is 10.8. The molecule has 4 heterocycles. The molecule has 21 heteroatoms. The molecule has 0 aromatic heterocycles. The van der Waals surface area contributed by atoms with Gasteiger partial charge in [-0.25, -0.2) is 0 Å². The van der Waals surface area contributed by atoms with Gasteiger partial charge < -0.3 is 93.5 Å². The summed E-state index contributed by atoms with van der Waals surface area (Å²) in [4.78, 5) is 24.6. The predicted octanol–water partition coefficient (Wildman–Crippen LogP) is -2.94. The minimum absolute atomic E-state index is 0.202. The molecule has 0 unspecified atom stereocenters. The van der Waals surface area contributed by atoms with Gasteiger partial charge >= 0.3 is 5.97 Å². The molecule has 0 aromatic carbocycles. The Balaban J connectivity index is 1.56. The largest absolute Gasteiger partial charge is 0.469 e. The first-order chi connectivity index (χ1) is 27.2. The SMILES string of the molecule is COC(=O)CCCCCO[C@@H]1O[C@@H](C)[C@@H](NC(=O)CC(C)(C)O)[C@H](O[C@@H]2O[C@@H](C)[C@H](O)[C@@H](O[C@@H]3O[C@@H](C)[C@H](O)[C@@H](O)[C@H]3O[C@H]3O[C@@H](C)[C@H](O)[C@@H](O)[C@H]3O)[C@H]2O)[C@H]1OC. The van der Waals surface area contributed by atoms with E-state index in [2.05, 4.69) is 10.1 Å². The maximum absolute atomic E-state index is 13.1. The Kier molecular flexibility index (Phi) is 18.0. The Morgan fingerprint density at radius 1 is 0.586 bits per heavy atom. The van der Waals surface area contributed by atoms with Gasteiger partial charge in [-0.05, 0) is 54.4 Å². The number of carbonyl (C=O) groups is 2. The molecule has 1 amide bonds. The molecule has 0 aliphatic carbocycles. The van der Waals surface area contributed by atoms with Crippen molar-refractivity contribution >= 4 is 11.9 Å². The monoisotopic (exact) mass is 843 g/mol. The van der Waals surface area contributed by atoms with Gasteiger partial charge in [0.25, 0.3) is 0 Å².